The van der Waals surface area contributed by atoms with E-state index in [2.05, 4.69) is 50.9 Å². The van der Waals surface area contributed by atoms with Gasteiger partial charge in [-0.15, -0.1) is 10.2 Å². The number of hydrogen-bond donors (Lipinski definition) is 0. The van der Waals surface area contributed by atoms with Crippen molar-refractivity contribution in [1.29, 1.82) is 0 Å². The molecule has 0 saturated heterocycles. The molecule has 0 atom stereocenters. The Balaban J connectivity index is 1.49. The first-order chi connectivity index (χ1) is 12.3. The lowest BCUT2D eigenvalue weighted by Crippen LogP contribution is -2.03. The summed E-state index contributed by atoms with van der Waals surface area (Å²) < 4.78 is 10.1. The second-order valence-electron chi connectivity index (χ2n) is 6.03. The Hall–Kier alpha value is -3.15. The molecule has 0 unspecified atom stereocenters. The summed E-state index contributed by atoms with van der Waals surface area (Å²) in [6, 6.07) is 12.3. The van der Waals surface area contributed by atoms with Gasteiger partial charge in [-0.3, -0.25) is 0 Å². The van der Waals surface area contributed by atoms with Crippen LogP contribution in [0.2, 0.25) is 0 Å². The van der Waals surface area contributed by atoms with E-state index in [0.717, 1.165) is 42.4 Å². The van der Waals surface area contributed by atoms with E-state index in [0.29, 0.717) is 0 Å². The second-order valence-corrected chi connectivity index (χ2v) is 6.03. The van der Waals surface area contributed by atoms with Gasteiger partial charge in [-0.25, -0.2) is 4.98 Å². The van der Waals surface area contributed by atoms with Crippen LogP contribution < -0.4 is 0 Å². The van der Waals surface area contributed by atoms with Gasteiger partial charge in [0.25, 0.3) is 0 Å². The van der Waals surface area contributed by atoms with Gasteiger partial charge in [0.2, 0.25) is 0 Å². The van der Waals surface area contributed by atoms with Crippen LogP contribution in [0.25, 0.3) is 22.9 Å². The lowest BCUT2D eigenvalue weighted by molar-refractivity contribution is 0.549. The zero-order valence-electron chi connectivity index (χ0n) is 14.0. The molecule has 0 aliphatic carbocycles. The Morgan fingerprint density at radius 2 is 1.68 bits per heavy atom. The van der Waals surface area contributed by atoms with Crippen molar-refractivity contribution in [2.75, 3.05) is 0 Å². The molecule has 3 aromatic heterocycles. The number of aryl methyl sites for hydroxylation is 3. The normalized spacial score (nSPS) is 11.1. The van der Waals surface area contributed by atoms with Crippen LogP contribution >= 0.6 is 0 Å². The molecule has 0 aliphatic heterocycles. The van der Waals surface area contributed by atoms with Crippen LogP contribution in [0.4, 0.5) is 0 Å². The van der Waals surface area contributed by atoms with E-state index in [1.54, 1.807) is 12.7 Å². The number of nitrogens with zero attached hydrogens (tertiary/aromatic N) is 5. The summed E-state index contributed by atoms with van der Waals surface area (Å²) in [6.07, 6.45) is 8.22. The van der Waals surface area contributed by atoms with Gasteiger partial charge in [0, 0.05) is 31.0 Å². The van der Waals surface area contributed by atoms with Crippen LogP contribution in [0.1, 0.15) is 12.0 Å². The number of aromatic nitrogens is 5. The van der Waals surface area contributed by atoms with E-state index in [-0.39, 0.29) is 0 Å². The van der Waals surface area contributed by atoms with Crippen molar-refractivity contribution in [3.05, 3.63) is 67.0 Å². The summed E-state index contributed by atoms with van der Waals surface area (Å²) in [4.78, 5) is 4.46. The lowest BCUT2D eigenvalue weighted by Gasteiger charge is -2.06. The first-order valence-corrected chi connectivity index (χ1v) is 8.30. The molecule has 0 amide bonds. The van der Waals surface area contributed by atoms with Crippen molar-refractivity contribution in [3.63, 3.8) is 0 Å². The Morgan fingerprint density at radius 1 is 0.920 bits per heavy atom. The third-order valence-corrected chi connectivity index (χ3v) is 4.16. The molecule has 0 aliphatic rings. The maximum Gasteiger partial charge on any atom is 0.176 e. The van der Waals surface area contributed by atoms with Crippen molar-refractivity contribution in [2.45, 2.75) is 26.4 Å². The van der Waals surface area contributed by atoms with Crippen molar-refractivity contribution < 1.29 is 4.42 Å². The molecule has 0 N–H and O–H groups in total. The highest BCUT2D eigenvalue weighted by Gasteiger charge is 2.12. The van der Waals surface area contributed by atoms with E-state index in [1.807, 2.05) is 29.1 Å². The molecule has 3 heterocycles. The molecule has 126 valence electrons. The van der Waals surface area contributed by atoms with E-state index >= 15 is 0 Å². The molecular weight excluding hydrogens is 314 g/mol. The lowest BCUT2D eigenvalue weighted by atomic mass is 10.1. The predicted molar refractivity (Wildman–Crippen MR) is 94.7 cm³/mol. The molecule has 6 heteroatoms. The van der Waals surface area contributed by atoms with Crippen LogP contribution in [0.3, 0.4) is 0 Å². The summed E-state index contributed by atoms with van der Waals surface area (Å²) in [5, 5.41) is 7.64. The largest absolute Gasteiger partial charge is 0.453 e. The van der Waals surface area contributed by atoms with Crippen LogP contribution in [-0.2, 0) is 13.1 Å². The summed E-state index contributed by atoms with van der Waals surface area (Å²) in [5.74, 6) is 2.49. The number of furan rings is 1. The van der Waals surface area contributed by atoms with Crippen molar-refractivity contribution in [1.82, 2.24) is 24.3 Å². The number of benzene rings is 1. The fourth-order valence-corrected chi connectivity index (χ4v) is 2.81. The third kappa shape index (κ3) is 3.38. The average Bonchev–Trinajstić information content (AvgIpc) is 3.37. The average molecular weight is 333 g/mol. The van der Waals surface area contributed by atoms with Crippen molar-refractivity contribution in [2.24, 2.45) is 0 Å². The molecule has 4 rings (SSSR count). The summed E-state index contributed by atoms with van der Waals surface area (Å²) in [5.41, 5.74) is 2.31. The minimum Gasteiger partial charge on any atom is -0.453 e. The SMILES string of the molecule is Cc1ccc(-c2ccc(-c3nccn3CCCn3cnnc3)o2)cc1. The minimum absolute atomic E-state index is 0.782. The van der Waals surface area contributed by atoms with Gasteiger partial charge in [0.1, 0.15) is 18.4 Å². The van der Waals surface area contributed by atoms with Gasteiger partial charge < -0.3 is 13.6 Å². The fraction of sp³-hybridized carbons (Fsp3) is 0.211. The van der Waals surface area contributed by atoms with Gasteiger partial charge >= 0.3 is 0 Å². The van der Waals surface area contributed by atoms with E-state index < -0.39 is 0 Å². The molecule has 6 nitrogen and oxygen atoms in total. The molecule has 0 radical (unpaired) electrons. The molecule has 0 spiro atoms. The van der Waals surface area contributed by atoms with E-state index in [9.17, 15) is 0 Å². The van der Waals surface area contributed by atoms with Crippen LogP contribution in [-0.4, -0.2) is 24.3 Å². The van der Waals surface area contributed by atoms with Crippen molar-refractivity contribution >= 4 is 0 Å². The Kier molecular flexibility index (Phi) is 4.16. The summed E-state index contributed by atoms with van der Waals surface area (Å²) in [7, 11) is 0. The monoisotopic (exact) mass is 333 g/mol. The molecule has 0 fully saturated rings. The second kappa shape index (κ2) is 6.76. The molecule has 1 aromatic carbocycles. The Bertz CT molecular complexity index is 935. The maximum absolute atomic E-state index is 6.04. The quantitative estimate of drug-likeness (QED) is 0.538. The van der Waals surface area contributed by atoms with Gasteiger partial charge in [-0.2, -0.15) is 0 Å². The molecule has 4 aromatic rings. The minimum atomic E-state index is 0.782. The fourth-order valence-electron chi connectivity index (χ4n) is 2.81. The Labute approximate surface area is 145 Å². The molecule has 25 heavy (non-hydrogen) atoms. The zero-order chi connectivity index (χ0) is 17.1. The standard InChI is InChI=1S/C19H19N5O/c1-15-3-5-16(6-4-15)17-7-8-18(25-17)19-20-9-12-24(19)11-2-10-23-13-21-22-14-23/h3-9,12-14H,2,10-11H2,1H3. The maximum atomic E-state index is 6.04. The number of rotatable bonds is 6. The first-order valence-electron chi connectivity index (χ1n) is 8.30. The van der Waals surface area contributed by atoms with Crippen LogP contribution in [0.15, 0.2) is 65.9 Å². The van der Waals surface area contributed by atoms with E-state index in [1.165, 1.54) is 5.56 Å². The summed E-state index contributed by atoms with van der Waals surface area (Å²) in [6.45, 7) is 3.81. The van der Waals surface area contributed by atoms with Gasteiger partial charge in [0.15, 0.2) is 11.6 Å². The third-order valence-electron chi connectivity index (χ3n) is 4.16. The Morgan fingerprint density at radius 3 is 2.48 bits per heavy atom. The van der Waals surface area contributed by atoms with Crippen LogP contribution in [0.5, 0.6) is 0 Å². The summed E-state index contributed by atoms with van der Waals surface area (Å²) >= 11 is 0. The smallest absolute Gasteiger partial charge is 0.176 e. The van der Waals surface area contributed by atoms with E-state index in [4.69, 9.17) is 4.42 Å². The number of hydrogen-bond acceptors (Lipinski definition) is 4. The van der Waals surface area contributed by atoms with Crippen LogP contribution in [0, 0.1) is 6.92 Å². The highest BCUT2D eigenvalue weighted by molar-refractivity contribution is 5.62. The molecular formula is C19H19N5O. The molecule has 0 saturated carbocycles. The van der Waals surface area contributed by atoms with Gasteiger partial charge in [-0.05, 0) is 25.5 Å². The number of imidazole rings is 1. The topological polar surface area (TPSA) is 61.7 Å². The highest BCUT2D eigenvalue weighted by Crippen LogP contribution is 2.28. The predicted octanol–water partition coefficient (Wildman–Crippen LogP) is 3.80. The highest BCUT2D eigenvalue weighted by atomic mass is 16.3. The first kappa shape index (κ1) is 15.4. The molecule has 0 bridgehead atoms. The van der Waals surface area contributed by atoms with Gasteiger partial charge in [0.05, 0.1) is 0 Å². The van der Waals surface area contributed by atoms with Gasteiger partial charge in [-0.1, -0.05) is 29.8 Å². The zero-order valence-corrected chi connectivity index (χ0v) is 14.0. The van der Waals surface area contributed by atoms with Crippen molar-refractivity contribution in [3.8, 4) is 22.9 Å².